The number of anilines is 1. The molecule has 4 unspecified atom stereocenters. The average Bonchev–Trinajstić information content (AvgIpc) is 3.74. The lowest BCUT2D eigenvalue weighted by Gasteiger charge is -2.30. The second-order valence-corrected chi connectivity index (χ2v) is 14.3. The molecule has 1 fully saturated rings. The molecule has 4 atom stereocenters. The number of hydrogen-bond donors (Lipinski definition) is 3. The number of allylic oxidation sites excluding steroid dienone is 1. The first kappa shape index (κ1) is 32.6. The second kappa shape index (κ2) is 12.7. The maximum atomic E-state index is 14.1. The molecule has 47 heavy (non-hydrogen) atoms. The molecule has 0 bridgehead atoms. The summed E-state index contributed by atoms with van der Waals surface area (Å²) in [4.78, 5) is 16.7. The lowest BCUT2D eigenvalue weighted by molar-refractivity contribution is 0.0200. The van der Waals surface area contributed by atoms with Crippen LogP contribution in [-0.2, 0) is 22.2 Å². The third-order valence-corrected chi connectivity index (χ3v) is 10.8. The van der Waals surface area contributed by atoms with Crippen molar-refractivity contribution in [3.05, 3.63) is 88.4 Å². The predicted octanol–water partition coefficient (Wildman–Crippen LogP) is 5.86. The molecule has 1 aromatic carbocycles. The van der Waals surface area contributed by atoms with Crippen LogP contribution >= 0.6 is 11.6 Å². The molecule has 3 aromatic heterocycles. The minimum absolute atomic E-state index is 0.0303. The Morgan fingerprint density at radius 3 is 2.77 bits per heavy atom. The van der Waals surface area contributed by atoms with Crippen LogP contribution in [0.25, 0.3) is 17.4 Å². The van der Waals surface area contributed by atoms with Crippen LogP contribution in [0, 0.1) is 29.1 Å². The maximum Gasteiger partial charge on any atom is 0.273 e. The minimum atomic E-state index is -4.30. The molecular formula is C33H32ClFN6O5S. The first-order chi connectivity index (χ1) is 22.4. The lowest BCUT2D eigenvalue weighted by Crippen LogP contribution is -2.43. The van der Waals surface area contributed by atoms with Crippen LogP contribution in [0.15, 0.2) is 64.0 Å². The fourth-order valence-electron chi connectivity index (χ4n) is 6.54. The Labute approximate surface area is 276 Å². The van der Waals surface area contributed by atoms with Crippen molar-refractivity contribution in [2.24, 2.45) is 11.8 Å². The summed E-state index contributed by atoms with van der Waals surface area (Å²) in [6, 6.07) is 14.4. The number of nitrogens with zero attached hydrogens (tertiary/aromatic N) is 4. The number of nitrogens with one attached hydrogen (secondary N) is 2. The summed E-state index contributed by atoms with van der Waals surface area (Å²) in [6.07, 6.45) is 5.53. The zero-order valence-corrected chi connectivity index (χ0v) is 27.1. The summed E-state index contributed by atoms with van der Waals surface area (Å²) in [7, 11) is -4.30. The number of aliphatic hydroxyl groups is 1. The zero-order chi connectivity index (χ0) is 33.5. The van der Waals surface area contributed by atoms with Gasteiger partial charge in [0.25, 0.3) is 5.91 Å². The number of rotatable bonds is 9. The summed E-state index contributed by atoms with van der Waals surface area (Å²) in [5.74, 6) is -1.53. The van der Waals surface area contributed by atoms with E-state index in [0.717, 1.165) is 18.1 Å². The van der Waals surface area contributed by atoms with E-state index in [2.05, 4.69) is 20.2 Å². The summed E-state index contributed by atoms with van der Waals surface area (Å²) < 4.78 is 52.1. The van der Waals surface area contributed by atoms with E-state index in [-0.39, 0.29) is 57.5 Å². The van der Waals surface area contributed by atoms with E-state index in [0.29, 0.717) is 24.3 Å². The van der Waals surface area contributed by atoms with Crippen LogP contribution in [0.4, 0.5) is 10.1 Å². The number of hydrogen-bond acceptors (Lipinski definition) is 8. The van der Waals surface area contributed by atoms with Gasteiger partial charge in [-0.15, -0.1) is 0 Å². The van der Waals surface area contributed by atoms with Gasteiger partial charge in [-0.3, -0.25) is 4.79 Å². The highest BCUT2D eigenvalue weighted by Crippen LogP contribution is 2.42. The van der Waals surface area contributed by atoms with Crippen LogP contribution in [0.5, 0.6) is 0 Å². The zero-order valence-electron chi connectivity index (χ0n) is 25.6. The molecule has 3 N–H and O–H groups in total. The molecule has 0 saturated heterocycles. The highest BCUT2D eigenvalue weighted by atomic mass is 35.5. The summed E-state index contributed by atoms with van der Waals surface area (Å²) in [5.41, 5.74) is -0.385. The van der Waals surface area contributed by atoms with E-state index in [9.17, 15) is 22.7 Å². The van der Waals surface area contributed by atoms with Crippen molar-refractivity contribution < 1.29 is 27.2 Å². The number of pyridine rings is 1. The number of sulfonamides is 1. The molecule has 0 radical (unpaired) electrons. The van der Waals surface area contributed by atoms with Crippen molar-refractivity contribution in [2.45, 2.75) is 62.6 Å². The Hall–Kier alpha value is -4.35. The molecule has 1 aliphatic carbocycles. The van der Waals surface area contributed by atoms with Gasteiger partial charge in [-0.1, -0.05) is 60.1 Å². The molecule has 11 nitrogen and oxygen atoms in total. The number of carbonyl (C=O) groups is 1. The molecule has 244 valence electrons. The Bertz CT molecular complexity index is 2020. The molecule has 4 heterocycles. The van der Waals surface area contributed by atoms with Gasteiger partial charge in [0.2, 0.25) is 16.0 Å². The van der Waals surface area contributed by atoms with Crippen LogP contribution in [0.1, 0.15) is 67.1 Å². The quantitative estimate of drug-likeness (QED) is 0.185. The fraction of sp³-hybridized carbons (Fsp3) is 0.333. The standard InChI is InChI=1S/C33H32ClFN6O5S/c1-19-11-12-21(17-33(2,43)26-16-25(46-39-26)20-8-4-3-5-9-20)29(19)40-47(44,45)31-24-10-6-7-13-41(24)30(28(31)34)32(42)38-22-14-23(18-36)37-27(35)15-22/h3-6,8-10,14-16,19,21,29,40,43H,7,11-13,17H2,1-2H3,(H,37,38,42). The second-order valence-electron chi connectivity index (χ2n) is 12.2. The molecule has 14 heteroatoms. The number of nitriles is 1. The van der Waals surface area contributed by atoms with Gasteiger partial charge in [0, 0.05) is 36.0 Å². The smallest absolute Gasteiger partial charge is 0.273 e. The van der Waals surface area contributed by atoms with Crippen molar-refractivity contribution in [1.29, 1.82) is 5.26 Å². The van der Waals surface area contributed by atoms with Crippen LogP contribution < -0.4 is 10.0 Å². The SMILES string of the molecule is CC1CCC(CC(C)(O)c2cc(-c3ccccc3)on2)C1NS(=O)(=O)c1c(Cl)c(C(=O)Nc2cc(F)nc(C#N)c2)n2c1C=CCC2. The molecule has 1 saturated carbocycles. The molecule has 1 amide bonds. The topological polar surface area (TPSA) is 163 Å². The number of carbonyl (C=O) groups excluding carboxylic acids is 1. The monoisotopic (exact) mass is 678 g/mol. The first-order valence-corrected chi connectivity index (χ1v) is 17.0. The van der Waals surface area contributed by atoms with Crippen LogP contribution in [0.2, 0.25) is 5.02 Å². The normalized spacial score (nSPS) is 20.4. The van der Waals surface area contributed by atoms with E-state index in [1.807, 2.05) is 37.3 Å². The number of benzene rings is 1. The van der Waals surface area contributed by atoms with Crippen molar-refractivity contribution in [2.75, 3.05) is 5.32 Å². The number of halogens is 2. The van der Waals surface area contributed by atoms with Gasteiger partial charge in [-0.25, -0.2) is 18.1 Å². The molecule has 6 rings (SSSR count). The van der Waals surface area contributed by atoms with Crippen molar-refractivity contribution in [1.82, 2.24) is 19.4 Å². The van der Waals surface area contributed by atoms with Crippen molar-refractivity contribution >= 4 is 39.3 Å². The van der Waals surface area contributed by atoms with Crippen molar-refractivity contribution in [3.8, 4) is 17.4 Å². The van der Waals surface area contributed by atoms with Gasteiger partial charge in [-0.05, 0) is 56.6 Å². The number of aromatic nitrogens is 3. The number of amides is 1. The van der Waals surface area contributed by atoms with E-state index >= 15 is 0 Å². The Kier molecular flexibility index (Phi) is 8.80. The average molecular weight is 679 g/mol. The molecule has 0 spiro atoms. The van der Waals surface area contributed by atoms with E-state index < -0.39 is 33.5 Å². The molecular weight excluding hydrogens is 647 g/mol. The van der Waals surface area contributed by atoms with Crippen molar-refractivity contribution in [3.63, 3.8) is 0 Å². The largest absolute Gasteiger partial charge is 0.384 e. The Morgan fingerprint density at radius 1 is 1.26 bits per heavy atom. The van der Waals surface area contributed by atoms with Gasteiger partial charge in [0.05, 0.1) is 10.7 Å². The van der Waals surface area contributed by atoms with E-state index in [1.54, 1.807) is 31.2 Å². The maximum absolute atomic E-state index is 14.1. The van der Waals surface area contributed by atoms with Gasteiger partial charge >= 0.3 is 0 Å². The molecule has 4 aromatic rings. The van der Waals surface area contributed by atoms with Gasteiger partial charge in [0.15, 0.2) is 5.76 Å². The summed E-state index contributed by atoms with van der Waals surface area (Å²) in [6.45, 7) is 3.87. The Morgan fingerprint density at radius 2 is 2.02 bits per heavy atom. The summed E-state index contributed by atoms with van der Waals surface area (Å²) >= 11 is 6.72. The van der Waals surface area contributed by atoms with Gasteiger partial charge < -0.3 is 19.5 Å². The first-order valence-electron chi connectivity index (χ1n) is 15.1. The summed E-state index contributed by atoms with van der Waals surface area (Å²) in [5, 5.41) is 27.0. The third kappa shape index (κ3) is 6.46. The molecule has 1 aliphatic heterocycles. The fourth-order valence-corrected chi connectivity index (χ4v) is 8.81. The van der Waals surface area contributed by atoms with Crippen LogP contribution in [0.3, 0.4) is 0 Å². The van der Waals surface area contributed by atoms with E-state index in [4.69, 9.17) is 21.4 Å². The van der Waals surface area contributed by atoms with Gasteiger partial charge in [-0.2, -0.15) is 9.65 Å². The highest BCUT2D eigenvalue weighted by Gasteiger charge is 2.43. The Balaban J connectivity index is 1.27. The third-order valence-electron chi connectivity index (χ3n) is 8.83. The van der Waals surface area contributed by atoms with E-state index in [1.165, 1.54) is 10.6 Å². The predicted molar refractivity (Wildman–Crippen MR) is 172 cm³/mol. The van der Waals surface area contributed by atoms with Gasteiger partial charge in [0.1, 0.15) is 33.6 Å². The minimum Gasteiger partial charge on any atom is -0.384 e. The number of fused-ring (bicyclic) bond motifs is 1. The lowest BCUT2D eigenvalue weighted by atomic mass is 9.85. The van der Waals surface area contributed by atoms with Crippen LogP contribution in [-0.4, -0.2) is 40.2 Å². The highest BCUT2D eigenvalue weighted by molar-refractivity contribution is 7.89. The molecule has 2 aliphatic rings.